The van der Waals surface area contributed by atoms with E-state index < -0.39 is 0 Å². The van der Waals surface area contributed by atoms with Crippen LogP contribution in [0.2, 0.25) is 0 Å². The summed E-state index contributed by atoms with van der Waals surface area (Å²) in [5, 5.41) is 13.0. The summed E-state index contributed by atoms with van der Waals surface area (Å²) in [7, 11) is 0. The number of nitrogens with zero attached hydrogens (tertiary/aromatic N) is 4. The third-order valence-corrected chi connectivity index (χ3v) is 2.74. The third-order valence-electron chi connectivity index (χ3n) is 2.74. The quantitative estimate of drug-likeness (QED) is 0.714. The summed E-state index contributed by atoms with van der Waals surface area (Å²) >= 11 is 0. The first-order valence-corrected chi connectivity index (χ1v) is 5.76. The van der Waals surface area contributed by atoms with Gasteiger partial charge in [0.05, 0.1) is 23.5 Å². The van der Waals surface area contributed by atoms with Gasteiger partial charge in [-0.1, -0.05) is 6.07 Å². The molecule has 0 bridgehead atoms. The van der Waals surface area contributed by atoms with Gasteiger partial charge in [0.15, 0.2) is 0 Å². The summed E-state index contributed by atoms with van der Waals surface area (Å²) in [5.41, 5.74) is 2.33. The van der Waals surface area contributed by atoms with Crippen LogP contribution < -0.4 is 4.74 Å². The molecule has 0 atom stereocenters. The fraction of sp³-hybridized carbons (Fsp3) is 0.0714. The van der Waals surface area contributed by atoms with Crippen LogP contribution in [-0.2, 0) is 6.61 Å². The molecule has 0 aromatic carbocycles. The van der Waals surface area contributed by atoms with Gasteiger partial charge in [0, 0.05) is 18.0 Å². The Morgan fingerprint density at radius 1 is 1.26 bits per heavy atom. The first kappa shape index (κ1) is 11.2. The molecule has 0 unspecified atom stereocenters. The molecule has 0 N–H and O–H groups in total. The monoisotopic (exact) mass is 250 g/mol. The summed E-state index contributed by atoms with van der Waals surface area (Å²) < 4.78 is 7.30. The second kappa shape index (κ2) is 4.78. The van der Waals surface area contributed by atoms with Gasteiger partial charge in [-0.25, -0.2) is 4.52 Å². The number of ether oxygens (including phenoxy) is 1. The molecule has 0 saturated carbocycles. The number of rotatable bonds is 3. The van der Waals surface area contributed by atoms with Gasteiger partial charge in [-0.3, -0.25) is 4.98 Å². The second-order valence-electron chi connectivity index (χ2n) is 4.01. The lowest BCUT2D eigenvalue weighted by Crippen LogP contribution is -1.97. The third kappa shape index (κ3) is 2.24. The molecule has 0 radical (unpaired) electrons. The highest BCUT2D eigenvalue weighted by atomic mass is 16.5. The van der Waals surface area contributed by atoms with Crippen molar-refractivity contribution in [3.8, 4) is 11.8 Å². The SMILES string of the molecule is N#Cc1cnn2cc(OCc3cccnc3)ccc12. The van der Waals surface area contributed by atoms with Crippen LogP contribution in [-0.4, -0.2) is 14.6 Å². The highest BCUT2D eigenvalue weighted by Gasteiger charge is 2.04. The van der Waals surface area contributed by atoms with Crippen LogP contribution in [0.1, 0.15) is 11.1 Å². The molecule has 0 aliphatic heterocycles. The van der Waals surface area contributed by atoms with Crippen molar-refractivity contribution in [3.63, 3.8) is 0 Å². The first-order chi connectivity index (χ1) is 9.36. The summed E-state index contributed by atoms with van der Waals surface area (Å²) in [6.45, 7) is 0.450. The molecule has 5 heteroatoms. The molecule has 0 saturated heterocycles. The first-order valence-electron chi connectivity index (χ1n) is 5.76. The molecule has 3 aromatic rings. The predicted molar refractivity (Wildman–Crippen MR) is 68.5 cm³/mol. The maximum absolute atomic E-state index is 8.90. The van der Waals surface area contributed by atoms with Crippen LogP contribution in [0.25, 0.3) is 5.52 Å². The van der Waals surface area contributed by atoms with Crippen LogP contribution in [0.4, 0.5) is 0 Å². The Kier molecular flexibility index (Phi) is 2.83. The molecule has 3 rings (SSSR count). The summed E-state index contributed by atoms with van der Waals surface area (Å²) in [4.78, 5) is 4.03. The molecule has 19 heavy (non-hydrogen) atoms. The molecule has 3 heterocycles. The fourth-order valence-corrected chi connectivity index (χ4v) is 1.79. The Morgan fingerprint density at radius 3 is 3.00 bits per heavy atom. The van der Waals surface area contributed by atoms with E-state index in [2.05, 4.69) is 16.2 Å². The smallest absolute Gasteiger partial charge is 0.138 e. The van der Waals surface area contributed by atoms with E-state index in [1.807, 2.05) is 24.3 Å². The van der Waals surface area contributed by atoms with E-state index in [1.165, 1.54) is 0 Å². The number of hydrogen-bond donors (Lipinski definition) is 0. The standard InChI is InChI=1S/C14H10N4O/c15-6-12-8-17-18-9-13(3-4-14(12)18)19-10-11-2-1-5-16-7-11/h1-5,7-9H,10H2. The molecule has 92 valence electrons. The van der Waals surface area contributed by atoms with Crippen LogP contribution >= 0.6 is 0 Å². The number of hydrogen-bond acceptors (Lipinski definition) is 4. The molecule has 3 aromatic heterocycles. The average Bonchev–Trinajstić information content (AvgIpc) is 2.88. The lowest BCUT2D eigenvalue weighted by Gasteiger charge is -2.06. The highest BCUT2D eigenvalue weighted by Crippen LogP contribution is 2.16. The van der Waals surface area contributed by atoms with E-state index >= 15 is 0 Å². The van der Waals surface area contributed by atoms with Crippen LogP contribution in [0, 0.1) is 11.3 Å². The van der Waals surface area contributed by atoms with Crippen molar-refractivity contribution >= 4 is 5.52 Å². The molecule has 0 aliphatic rings. The van der Waals surface area contributed by atoms with Crippen molar-refractivity contribution in [3.05, 3.63) is 60.2 Å². The Labute approximate surface area is 109 Å². The minimum absolute atomic E-state index is 0.450. The van der Waals surface area contributed by atoms with Crippen LogP contribution in [0.3, 0.4) is 0 Å². The number of nitriles is 1. The van der Waals surface area contributed by atoms with Gasteiger partial charge in [0.1, 0.15) is 18.4 Å². The minimum atomic E-state index is 0.450. The van der Waals surface area contributed by atoms with Gasteiger partial charge in [-0.05, 0) is 18.2 Å². The lowest BCUT2D eigenvalue weighted by molar-refractivity contribution is 0.304. The minimum Gasteiger partial charge on any atom is -0.487 e. The molecule has 0 amide bonds. The van der Waals surface area contributed by atoms with Crippen molar-refractivity contribution < 1.29 is 4.74 Å². The van der Waals surface area contributed by atoms with Crippen molar-refractivity contribution in [1.82, 2.24) is 14.6 Å². The van der Waals surface area contributed by atoms with Gasteiger partial charge < -0.3 is 4.74 Å². The van der Waals surface area contributed by atoms with Crippen molar-refractivity contribution in [1.29, 1.82) is 5.26 Å². The molecule has 0 aliphatic carbocycles. The maximum Gasteiger partial charge on any atom is 0.138 e. The molecule has 5 nitrogen and oxygen atoms in total. The topological polar surface area (TPSA) is 63.2 Å². The van der Waals surface area contributed by atoms with Crippen LogP contribution in [0.5, 0.6) is 5.75 Å². The number of aromatic nitrogens is 3. The van der Waals surface area contributed by atoms with Gasteiger partial charge in [-0.15, -0.1) is 0 Å². The Balaban J connectivity index is 1.81. The van der Waals surface area contributed by atoms with E-state index in [1.54, 1.807) is 29.3 Å². The van der Waals surface area contributed by atoms with Crippen LogP contribution in [0.15, 0.2) is 49.1 Å². The van der Waals surface area contributed by atoms with E-state index in [-0.39, 0.29) is 0 Å². The zero-order valence-electron chi connectivity index (χ0n) is 10.0. The lowest BCUT2D eigenvalue weighted by atomic mass is 10.3. The fourth-order valence-electron chi connectivity index (χ4n) is 1.79. The summed E-state index contributed by atoms with van der Waals surface area (Å²) in [6, 6.07) is 9.57. The largest absolute Gasteiger partial charge is 0.487 e. The Hall–Kier alpha value is -2.87. The molecule has 0 fully saturated rings. The Morgan fingerprint density at radius 2 is 2.21 bits per heavy atom. The van der Waals surface area contributed by atoms with E-state index in [9.17, 15) is 0 Å². The number of fused-ring (bicyclic) bond motifs is 1. The summed E-state index contributed by atoms with van der Waals surface area (Å²) in [6.07, 6.45) is 6.79. The van der Waals surface area contributed by atoms with E-state index in [4.69, 9.17) is 10.00 Å². The van der Waals surface area contributed by atoms with Gasteiger partial charge in [-0.2, -0.15) is 10.4 Å². The average molecular weight is 250 g/mol. The van der Waals surface area contributed by atoms with Gasteiger partial charge >= 0.3 is 0 Å². The van der Waals surface area contributed by atoms with E-state index in [0.717, 1.165) is 11.1 Å². The maximum atomic E-state index is 8.90. The predicted octanol–water partition coefficient (Wildman–Crippen LogP) is 2.18. The molecule has 0 spiro atoms. The summed E-state index contributed by atoms with van der Waals surface area (Å²) in [5.74, 6) is 0.698. The van der Waals surface area contributed by atoms with Crippen molar-refractivity contribution in [2.24, 2.45) is 0 Å². The van der Waals surface area contributed by atoms with Gasteiger partial charge in [0.25, 0.3) is 0 Å². The zero-order chi connectivity index (χ0) is 13.1. The van der Waals surface area contributed by atoms with Crippen molar-refractivity contribution in [2.75, 3.05) is 0 Å². The number of pyridine rings is 2. The second-order valence-corrected chi connectivity index (χ2v) is 4.01. The molecular weight excluding hydrogens is 240 g/mol. The zero-order valence-corrected chi connectivity index (χ0v) is 10.0. The Bertz CT molecular complexity index is 743. The van der Waals surface area contributed by atoms with E-state index in [0.29, 0.717) is 17.9 Å². The molecular formula is C14H10N4O. The normalized spacial score (nSPS) is 10.3. The van der Waals surface area contributed by atoms with Crippen molar-refractivity contribution in [2.45, 2.75) is 6.61 Å². The highest BCUT2D eigenvalue weighted by molar-refractivity contribution is 5.60. The van der Waals surface area contributed by atoms with Gasteiger partial charge in [0.2, 0.25) is 0 Å².